The molecule has 5 nitrogen and oxygen atoms in total. The number of anilines is 2. The molecule has 2 aromatic carbocycles. The molecule has 29 heavy (non-hydrogen) atoms. The van der Waals surface area contributed by atoms with Gasteiger partial charge in [0.2, 0.25) is 0 Å². The van der Waals surface area contributed by atoms with Crippen LogP contribution in [0.5, 0.6) is 0 Å². The molecular formula is C19H15Cl2F3N4O. The number of benzene rings is 2. The lowest BCUT2D eigenvalue weighted by molar-refractivity contribution is -0.137. The first-order valence-electron chi connectivity index (χ1n) is 8.35. The average molecular weight is 443 g/mol. The van der Waals surface area contributed by atoms with E-state index in [1.807, 2.05) is 6.07 Å². The van der Waals surface area contributed by atoms with E-state index in [4.69, 9.17) is 23.2 Å². The maximum atomic E-state index is 12.8. The molecule has 2 N–H and O–H groups in total. The summed E-state index contributed by atoms with van der Waals surface area (Å²) >= 11 is 11.9. The van der Waals surface area contributed by atoms with Gasteiger partial charge in [0.25, 0.3) is 0 Å². The summed E-state index contributed by atoms with van der Waals surface area (Å²) in [6.07, 6.45) is -4.49. The Morgan fingerprint density at radius 3 is 2.52 bits per heavy atom. The highest BCUT2D eigenvalue weighted by Crippen LogP contribution is 2.30. The second-order valence-corrected chi connectivity index (χ2v) is 7.05. The van der Waals surface area contributed by atoms with Crippen molar-refractivity contribution in [3.8, 4) is 0 Å². The molecule has 0 bridgehead atoms. The molecule has 0 atom stereocenters. The fraction of sp³-hybridized carbons (Fsp3) is 0.158. The number of aryl methyl sites for hydroxylation is 1. The summed E-state index contributed by atoms with van der Waals surface area (Å²) in [5.41, 5.74) is 0.803. The standard InChI is InChI=1S/C19H15Cl2F3N4O/c1-11-7-17(27-28(11)10-12-5-6-15(20)16(21)8-12)26-18(29)25-14-4-2-3-13(9-14)19(22,23)24/h2-9H,10H2,1H3,(H2,25,26,27,29). The van der Waals surface area contributed by atoms with Crippen LogP contribution >= 0.6 is 23.2 Å². The molecule has 2 amide bonds. The Labute approximate surface area is 174 Å². The third-order valence-electron chi connectivity index (χ3n) is 3.99. The molecule has 0 aliphatic heterocycles. The van der Waals surface area contributed by atoms with Crippen LogP contribution in [-0.2, 0) is 12.7 Å². The maximum absolute atomic E-state index is 12.8. The molecule has 0 fully saturated rings. The van der Waals surface area contributed by atoms with Crippen LogP contribution in [0.2, 0.25) is 10.0 Å². The van der Waals surface area contributed by atoms with Crippen molar-refractivity contribution in [3.63, 3.8) is 0 Å². The molecule has 1 aromatic heterocycles. The van der Waals surface area contributed by atoms with Crippen LogP contribution in [0.3, 0.4) is 0 Å². The minimum absolute atomic E-state index is 0.0179. The van der Waals surface area contributed by atoms with E-state index in [9.17, 15) is 18.0 Å². The van der Waals surface area contributed by atoms with Crippen molar-refractivity contribution < 1.29 is 18.0 Å². The number of amides is 2. The molecule has 0 radical (unpaired) electrons. The van der Waals surface area contributed by atoms with E-state index < -0.39 is 17.8 Å². The van der Waals surface area contributed by atoms with Crippen LogP contribution in [0.25, 0.3) is 0 Å². The molecule has 0 unspecified atom stereocenters. The van der Waals surface area contributed by atoms with Crippen molar-refractivity contribution in [2.45, 2.75) is 19.6 Å². The van der Waals surface area contributed by atoms with E-state index in [-0.39, 0.29) is 11.5 Å². The third kappa shape index (κ3) is 5.42. The zero-order valence-corrected chi connectivity index (χ0v) is 16.5. The van der Waals surface area contributed by atoms with Crippen molar-refractivity contribution in [2.75, 3.05) is 10.6 Å². The Balaban J connectivity index is 1.67. The fourth-order valence-electron chi connectivity index (χ4n) is 2.59. The Kier molecular flexibility index (Phi) is 6.04. The van der Waals surface area contributed by atoms with E-state index in [2.05, 4.69) is 15.7 Å². The van der Waals surface area contributed by atoms with Crippen LogP contribution in [0.1, 0.15) is 16.8 Å². The lowest BCUT2D eigenvalue weighted by Gasteiger charge is -2.10. The predicted octanol–water partition coefficient (Wildman–Crippen LogP) is 6.21. The number of rotatable bonds is 4. The van der Waals surface area contributed by atoms with E-state index in [1.165, 1.54) is 12.1 Å². The lowest BCUT2D eigenvalue weighted by Crippen LogP contribution is -2.20. The largest absolute Gasteiger partial charge is 0.416 e. The van der Waals surface area contributed by atoms with Crippen LogP contribution < -0.4 is 10.6 Å². The number of hydrogen-bond donors (Lipinski definition) is 2. The van der Waals surface area contributed by atoms with Crippen molar-refractivity contribution in [1.82, 2.24) is 9.78 Å². The number of halogens is 5. The van der Waals surface area contributed by atoms with Crippen LogP contribution in [0.15, 0.2) is 48.5 Å². The van der Waals surface area contributed by atoms with Crippen molar-refractivity contribution in [3.05, 3.63) is 75.4 Å². The Morgan fingerprint density at radius 2 is 1.83 bits per heavy atom. The first-order chi connectivity index (χ1) is 13.6. The summed E-state index contributed by atoms with van der Waals surface area (Å²) in [6.45, 7) is 2.21. The number of alkyl halides is 3. The molecule has 3 aromatic rings. The van der Waals surface area contributed by atoms with Gasteiger partial charge in [-0.25, -0.2) is 4.79 Å². The van der Waals surface area contributed by atoms with Gasteiger partial charge in [-0.3, -0.25) is 10.00 Å². The molecular weight excluding hydrogens is 428 g/mol. The summed E-state index contributed by atoms with van der Waals surface area (Å²) in [6, 6.07) is 10.5. The van der Waals surface area contributed by atoms with Crippen LogP contribution in [-0.4, -0.2) is 15.8 Å². The van der Waals surface area contributed by atoms with Gasteiger partial charge in [-0.05, 0) is 42.8 Å². The first kappa shape index (κ1) is 21.0. The normalized spacial score (nSPS) is 11.4. The zero-order chi connectivity index (χ0) is 21.2. The van der Waals surface area contributed by atoms with Gasteiger partial charge in [-0.2, -0.15) is 18.3 Å². The number of nitrogens with one attached hydrogen (secondary N) is 2. The van der Waals surface area contributed by atoms with Gasteiger partial charge in [-0.1, -0.05) is 35.3 Å². The molecule has 1 heterocycles. The lowest BCUT2D eigenvalue weighted by atomic mass is 10.2. The van der Waals surface area contributed by atoms with Crippen molar-refractivity contribution in [1.29, 1.82) is 0 Å². The minimum Gasteiger partial charge on any atom is -0.308 e. The number of nitrogens with zero attached hydrogens (tertiary/aromatic N) is 2. The molecule has 3 rings (SSSR count). The monoisotopic (exact) mass is 442 g/mol. The number of carbonyl (C=O) groups is 1. The molecule has 152 valence electrons. The second kappa shape index (κ2) is 8.34. The quantitative estimate of drug-likeness (QED) is 0.504. The SMILES string of the molecule is Cc1cc(NC(=O)Nc2cccc(C(F)(F)F)c2)nn1Cc1ccc(Cl)c(Cl)c1. The van der Waals surface area contributed by atoms with Crippen LogP contribution in [0, 0.1) is 6.92 Å². The summed E-state index contributed by atoms with van der Waals surface area (Å²) in [7, 11) is 0. The first-order valence-corrected chi connectivity index (χ1v) is 9.11. The number of aromatic nitrogens is 2. The molecule has 0 aliphatic carbocycles. The topological polar surface area (TPSA) is 59.0 Å². The van der Waals surface area contributed by atoms with Crippen molar-refractivity contribution in [2.24, 2.45) is 0 Å². The highest BCUT2D eigenvalue weighted by Gasteiger charge is 2.30. The summed E-state index contributed by atoms with van der Waals surface area (Å²) < 4.78 is 40.0. The van der Waals surface area contributed by atoms with Gasteiger partial charge >= 0.3 is 12.2 Å². The number of carbonyl (C=O) groups excluding carboxylic acids is 1. The van der Waals surface area contributed by atoms with Gasteiger partial charge in [-0.15, -0.1) is 0 Å². The molecule has 0 saturated heterocycles. The summed E-state index contributed by atoms with van der Waals surface area (Å²) in [5, 5.41) is 10.0. The predicted molar refractivity (Wildman–Crippen MR) is 107 cm³/mol. The Hall–Kier alpha value is -2.71. The highest BCUT2D eigenvalue weighted by atomic mass is 35.5. The highest BCUT2D eigenvalue weighted by molar-refractivity contribution is 6.42. The third-order valence-corrected chi connectivity index (χ3v) is 4.73. The van der Waals surface area contributed by atoms with E-state index >= 15 is 0 Å². The number of hydrogen-bond acceptors (Lipinski definition) is 2. The average Bonchev–Trinajstić information content (AvgIpc) is 2.96. The van der Waals surface area contributed by atoms with E-state index in [0.717, 1.165) is 23.4 Å². The number of urea groups is 1. The molecule has 0 saturated carbocycles. The summed E-state index contributed by atoms with van der Waals surface area (Å²) in [4.78, 5) is 12.1. The Morgan fingerprint density at radius 1 is 1.07 bits per heavy atom. The van der Waals surface area contributed by atoms with E-state index in [1.54, 1.807) is 29.8 Å². The van der Waals surface area contributed by atoms with Gasteiger partial charge in [0.15, 0.2) is 5.82 Å². The van der Waals surface area contributed by atoms with Gasteiger partial charge in [0.05, 0.1) is 22.2 Å². The summed E-state index contributed by atoms with van der Waals surface area (Å²) in [5.74, 6) is 0.257. The zero-order valence-electron chi connectivity index (χ0n) is 15.0. The van der Waals surface area contributed by atoms with Gasteiger partial charge in [0, 0.05) is 17.4 Å². The molecule has 0 spiro atoms. The smallest absolute Gasteiger partial charge is 0.308 e. The van der Waals surface area contributed by atoms with Crippen LogP contribution in [0.4, 0.5) is 29.5 Å². The van der Waals surface area contributed by atoms with E-state index in [0.29, 0.717) is 16.6 Å². The molecule has 0 aliphatic rings. The Bertz CT molecular complexity index is 1050. The minimum atomic E-state index is -4.49. The molecule has 10 heteroatoms. The maximum Gasteiger partial charge on any atom is 0.416 e. The fourth-order valence-corrected chi connectivity index (χ4v) is 2.91. The second-order valence-electron chi connectivity index (χ2n) is 6.23. The van der Waals surface area contributed by atoms with Gasteiger partial charge in [0.1, 0.15) is 0 Å². The van der Waals surface area contributed by atoms with Gasteiger partial charge < -0.3 is 5.32 Å². The van der Waals surface area contributed by atoms with Crippen molar-refractivity contribution >= 4 is 40.7 Å².